The smallest absolute Gasteiger partial charge is 0.275 e. The maximum absolute atomic E-state index is 12.3. The zero-order valence-corrected chi connectivity index (χ0v) is 15.6. The Labute approximate surface area is 161 Å². The first-order chi connectivity index (χ1) is 13.1. The predicted octanol–water partition coefficient (Wildman–Crippen LogP) is 3.98. The van der Waals surface area contributed by atoms with E-state index in [0.29, 0.717) is 17.4 Å². The normalized spacial score (nSPS) is 10.3. The van der Waals surface area contributed by atoms with Crippen molar-refractivity contribution < 1.29 is 14.3 Å². The molecular formula is C20H19N3O3S. The van der Waals surface area contributed by atoms with Gasteiger partial charge in [0.05, 0.1) is 13.0 Å². The van der Waals surface area contributed by atoms with Crippen molar-refractivity contribution in [2.45, 2.75) is 13.3 Å². The van der Waals surface area contributed by atoms with E-state index >= 15 is 0 Å². The van der Waals surface area contributed by atoms with Crippen LogP contribution in [0.4, 0.5) is 10.8 Å². The molecule has 2 N–H and O–H groups in total. The molecule has 3 rings (SSSR count). The van der Waals surface area contributed by atoms with Crippen molar-refractivity contribution >= 4 is 34.0 Å². The molecule has 27 heavy (non-hydrogen) atoms. The van der Waals surface area contributed by atoms with Crippen LogP contribution in [0.3, 0.4) is 0 Å². The van der Waals surface area contributed by atoms with Gasteiger partial charge < -0.3 is 15.4 Å². The summed E-state index contributed by atoms with van der Waals surface area (Å²) in [5.41, 5.74) is 1.81. The summed E-state index contributed by atoms with van der Waals surface area (Å²) in [5.74, 6) is 0.237. The Morgan fingerprint density at radius 2 is 1.78 bits per heavy atom. The van der Waals surface area contributed by atoms with Crippen LogP contribution >= 0.6 is 11.3 Å². The second-order valence-electron chi connectivity index (χ2n) is 5.66. The molecule has 0 radical (unpaired) electrons. The maximum Gasteiger partial charge on any atom is 0.275 e. The molecule has 6 nitrogen and oxygen atoms in total. The van der Waals surface area contributed by atoms with Crippen LogP contribution < -0.4 is 15.4 Å². The van der Waals surface area contributed by atoms with Gasteiger partial charge in [0, 0.05) is 11.1 Å². The van der Waals surface area contributed by atoms with Crippen molar-refractivity contribution in [3.05, 3.63) is 71.2 Å². The molecule has 0 fully saturated rings. The van der Waals surface area contributed by atoms with Gasteiger partial charge in [0.25, 0.3) is 5.91 Å². The van der Waals surface area contributed by atoms with Gasteiger partial charge in [-0.2, -0.15) is 0 Å². The summed E-state index contributed by atoms with van der Waals surface area (Å²) in [6, 6.07) is 16.5. The molecule has 1 heterocycles. The van der Waals surface area contributed by atoms with Crippen LogP contribution in [0.1, 0.15) is 23.0 Å². The van der Waals surface area contributed by atoms with Gasteiger partial charge >= 0.3 is 0 Å². The van der Waals surface area contributed by atoms with E-state index in [-0.39, 0.29) is 23.9 Å². The molecule has 7 heteroatoms. The molecule has 138 valence electrons. The second-order valence-corrected chi connectivity index (χ2v) is 6.52. The number of thiazole rings is 1. The van der Waals surface area contributed by atoms with E-state index < -0.39 is 0 Å². The maximum atomic E-state index is 12.3. The van der Waals surface area contributed by atoms with Crippen LogP contribution in [0.15, 0.2) is 60.0 Å². The molecule has 2 amide bonds. The quantitative estimate of drug-likeness (QED) is 0.649. The third kappa shape index (κ3) is 5.39. The lowest BCUT2D eigenvalue weighted by atomic mass is 10.1. The molecule has 0 aliphatic carbocycles. The fraction of sp³-hybridized carbons (Fsp3) is 0.150. The van der Waals surface area contributed by atoms with E-state index in [9.17, 15) is 9.59 Å². The van der Waals surface area contributed by atoms with Crippen molar-refractivity contribution in [1.82, 2.24) is 4.98 Å². The summed E-state index contributed by atoms with van der Waals surface area (Å²) in [4.78, 5) is 28.6. The average molecular weight is 381 g/mol. The Morgan fingerprint density at radius 1 is 1.04 bits per heavy atom. The minimum Gasteiger partial charge on any atom is -0.494 e. The van der Waals surface area contributed by atoms with Crippen molar-refractivity contribution in [2.24, 2.45) is 0 Å². The first-order valence-electron chi connectivity index (χ1n) is 8.47. The van der Waals surface area contributed by atoms with E-state index in [0.717, 1.165) is 11.3 Å². The standard InChI is InChI=1S/C20H19N3O3S/c1-2-26-16-10-8-15(9-11-16)21-19(25)17-13-27-20(22-17)23-18(24)12-14-6-4-3-5-7-14/h3-11,13H,2,12H2,1H3,(H,21,25)(H,22,23,24). The largest absolute Gasteiger partial charge is 0.494 e. The highest BCUT2D eigenvalue weighted by Crippen LogP contribution is 2.19. The average Bonchev–Trinajstić information content (AvgIpc) is 3.13. The van der Waals surface area contributed by atoms with E-state index in [4.69, 9.17) is 4.74 Å². The third-order valence-corrected chi connectivity index (χ3v) is 4.37. The minimum absolute atomic E-state index is 0.172. The number of aromatic nitrogens is 1. The fourth-order valence-electron chi connectivity index (χ4n) is 2.38. The Balaban J connectivity index is 1.56. The zero-order valence-electron chi connectivity index (χ0n) is 14.8. The van der Waals surface area contributed by atoms with E-state index in [1.807, 2.05) is 37.3 Å². The number of anilines is 2. The number of nitrogens with zero attached hydrogens (tertiary/aromatic N) is 1. The topological polar surface area (TPSA) is 80.3 Å². The number of rotatable bonds is 7. The van der Waals surface area contributed by atoms with Gasteiger partial charge in [0.15, 0.2) is 5.13 Å². The van der Waals surface area contributed by atoms with Crippen LogP contribution in [0, 0.1) is 0 Å². The predicted molar refractivity (Wildman–Crippen MR) is 106 cm³/mol. The minimum atomic E-state index is -0.334. The first kappa shape index (κ1) is 18.6. The Kier molecular flexibility index (Phi) is 6.17. The van der Waals surface area contributed by atoms with Crippen molar-refractivity contribution in [2.75, 3.05) is 17.2 Å². The SMILES string of the molecule is CCOc1ccc(NC(=O)c2csc(NC(=O)Cc3ccccc3)n2)cc1. The Hall–Kier alpha value is -3.19. The van der Waals surface area contributed by atoms with Gasteiger partial charge in [0.2, 0.25) is 5.91 Å². The summed E-state index contributed by atoms with van der Waals surface area (Å²) < 4.78 is 5.37. The Bertz CT molecular complexity index is 908. The zero-order chi connectivity index (χ0) is 19.1. The van der Waals surface area contributed by atoms with Crippen molar-refractivity contribution in [1.29, 1.82) is 0 Å². The molecule has 3 aromatic rings. The lowest BCUT2D eigenvalue weighted by molar-refractivity contribution is -0.115. The van der Waals surface area contributed by atoms with E-state index in [2.05, 4.69) is 15.6 Å². The number of benzene rings is 2. The molecule has 2 aromatic carbocycles. The molecule has 0 bridgehead atoms. The van der Waals surface area contributed by atoms with Gasteiger partial charge in [-0.25, -0.2) is 4.98 Å². The molecule has 0 spiro atoms. The lowest BCUT2D eigenvalue weighted by Gasteiger charge is -2.06. The van der Waals surface area contributed by atoms with Crippen molar-refractivity contribution in [3.63, 3.8) is 0 Å². The molecule has 0 aliphatic heterocycles. The number of carbonyl (C=O) groups is 2. The molecule has 0 atom stereocenters. The van der Waals surface area contributed by atoms with Crippen LogP contribution in [-0.2, 0) is 11.2 Å². The number of ether oxygens (including phenoxy) is 1. The number of hydrogen-bond acceptors (Lipinski definition) is 5. The highest BCUT2D eigenvalue weighted by atomic mass is 32.1. The number of carbonyl (C=O) groups excluding carboxylic acids is 2. The molecule has 0 saturated carbocycles. The molecular weight excluding hydrogens is 362 g/mol. The lowest BCUT2D eigenvalue weighted by Crippen LogP contribution is -2.15. The monoisotopic (exact) mass is 381 g/mol. The van der Waals surface area contributed by atoms with E-state index in [1.54, 1.807) is 29.6 Å². The summed E-state index contributed by atoms with van der Waals surface area (Å²) in [6.45, 7) is 2.50. The Morgan fingerprint density at radius 3 is 2.48 bits per heavy atom. The number of nitrogens with one attached hydrogen (secondary N) is 2. The van der Waals surface area contributed by atoms with Gasteiger partial charge in [-0.15, -0.1) is 11.3 Å². The first-order valence-corrected chi connectivity index (χ1v) is 9.35. The van der Waals surface area contributed by atoms with Crippen LogP contribution in [0.5, 0.6) is 5.75 Å². The number of hydrogen-bond donors (Lipinski definition) is 2. The highest BCUT2D eigenvalue weighted by molar-refractivity contribution is 7.14. The number of amides is 2. The molecule has 1 aromatic heterocycles. The van der Waals surface area contributed by atoms with Gasteiger partial charge in [-0.05, 0) is 36.8 Å². The molecule has 0 unspecified atom stereocenters. The highest BCUT2D eigenvalue weighted by Gasteiger charge is 2.13. The van der Waals surface area contributed by atoms with Crippen LogP contribution in [0.25, 0.3) is 0 Å². The van der Waals surface area contributed by atoms with Crippen molar-refractivity contribution in [3.8, 4) is 5.75 Å². The van der Waals surface area contributed by atoms with E-state index in [1.165, 1.54) is 11.3 Å². The summed E-state index contributed by atoms with van der Waals surface area (Å²) in [6.07, 6.45) is 0.258. The molecule has 0 saturated heterocycles. The fourth-order valence-corrected chi connectivity index (χ4v) is 3.08. The van der Waals surface area contributed by atoms with Gasteiger partial charge in [-0.1, -0.05) is 30.3 Å². The van der Waals surface area contributed by atoms with Gasteiger partial charge in [-0.3, -0.25) is 9.59 Å². The summed E-state index contributed by atoms with van der Waals surface area (Å²) >= 11 is 1.21. The third-order valence-electron chi connectivity index (χ3n) is 3.61. The van der Waals surface area contributed by atoms with Crippen LogP contribution in [-0.4, -0.2) is 23.4 Å². The second kappa shape index (κ2) is 8.95. The summed E-state index contributed by atoms with van der Waals surface area (Å²) in [7, 11) is 0. The van der Waals surface area contributed by atoms with Gasteiger partial charge in [0.1, 0.15) is 11.4 Å². The molecule has 0 aliphatic rings. The van der Waals surface area contributed by atoms with Crippen LogP contribution in [0.2, 0.25) is 0 Å². The summed E-state index contributed by atoms with van der Waals surface area (Å²) in [5, 5.41) is 7.50.